The van der Waals surface area contributed by atoms with Crippen molar-refractivity contribution >= 4 is 5.78 Å². The SMILES string of the molecule is O=C1CCN(Cc2ccccc2)C2(CCCC2)CC1. The van der Waals surface area contributed by atoms with Crippen molar-refractivity contribution in [3.63, 3.8) is 0 Å². The van der Waals surface area contributed by atoms with Crippen molar-refractivity contribution in [1.82, 2.24) is 4.90 Å². The van der Waals surface area contributed by atoms with Crippen LogP contribution in [0, 0.1) is 0 Å². The predicted octanol–water partition coefficient (Wildman–Crippen LogP) is 3.55. The standard InChI is InChI=1S/C17H23NO/c19-16-8-12-17(10-4-5-11-17)18(13-9-16)14-15-6-2-1-3-7-15/h1-3,6-7H,4-5,8-14H2. The number of Topliss-reactive ketones (excluding diaryl/α,β-unsaturated/α-hetero) is 1. The Hall–Kier alpha value is -1.15. The van der Waals surface area contributed by atoms with Crippen LogP contribution in [-0.4, -0.2) is 22.8 Å². The smallest absolute Gasteiger partial charge is 0.134 e. The summed E-state index contributed by atoms with van der Waals surface area (Å²) >= 11 is 0. The maximum absolute atomic E-state index is 11.8. The molecule has 0 bridgehead atoms. The summed E-state index contributed by atoms with van der Waals surface area (Å²) in [7, 11) is 0. The average Bonchev–Trinajstić information content (AvgIpc) is 2.86. The van der Waals surface area contributed by atoms with E-state index in [4.69, 9.17) is 0 Å². The number of likely N-dealkylation sites (tertiary alicyclic amines) is 1. The zero-order chi connectivity index (χ0) is 13.1. The molecule has 1 heterocycles. The second kappa shape index (κ2) is 5.46. The van der Waals surface area contributed by atoms with Gasteiger partial charge in [0.05, 0.1) is 0 Å². The average molecular weight is 257 g/mol. The number of hydrogen-bond acceptors (Lipinski definition) is 2. The number of rotatable bonds is 2. The molecule has 2 nitrogen and oxygen atoms in total. The molecule has 1 aromatic carbocycles. The van der Waals surface area contributed by atoms with Gasteiger partial charge >= 0.3 is 0 Å². The largest absolute Gasteiger partial charge is 0.300 e. The Labute approximate surface area is 115 Å². The van der Waals surface area contributed by atoms with Crippen molar-refractivity contribution in [2.24, 2.45) is 0 Å². The van der Waals surface area contributed by atoms with Crippen LogP contribution < -0.4 is 0 Å². The fourth-order valence-corrected chi connectivity index (χ4v) is 3.80. The maximum atomic E-state index is 11.8. The van der Waals surface area contributed by atoms with E-state index in [1.54, 1.807) is 0 Å². The van der Waals surface area contributed by atoms with Gasteiger partial charge in [-0.25, -0.2) is 0 Å². The normalized spacial score (nSPS) is 23.7. The lowest BCUT2D eigenvalue weighted by Gasteiger charge is -2.40. The number of ketones is 1. The summed E-state index contributed by atoms with van der Waals surface area (Å²) in [5, 5.41) is 0. The highest BCUT2D eigenvalue weighted by atomic mass is 16.1. The van der Waals surface area contributed by atoms with Crippen LogP contribution in [0.5, 0.6) is 0 Å². The molecule has 1 aromatic rings. The Kier molecular flexibility index (Phi) is 3.69. The molecule has 0 radical (unpaired) electrons. The van der Waals surface area contributed by atoms with Gasteiger partial charge in [0.1, 0.15) is 5.78 Å². The minimum absolute atomic E-state index is 0.321. The first-order valence-corrected chi connectivity index (χ1v) is 7.59. The van der Waals surface area contributed by atoms with Gasteiger partial charge in [-0.1, -0.05) is 43.2 Å². The molecule has 102 valence electrons. The topological polar surface area (TPSA) is 20.3 Å². The van der Waals surface area contributed by atoms with E-state index in [0.29, 0.717) is 11.3 Å². The van der Waals surface area contributed by atoms with Crippen LogP contribution in [0.3, 0.4) is 0 Å². The van der Waals surface area contributed by atoms with Gasteiger partial charge in [-0.2, -0.15) is 0 Å². The van der Waals surface area contributed by atoms with E-state index in [9.17, 15) is 4.79 Å². The van der Waals surface area contributed by atoms with Crippen molar-refractivity contribution < 1.29 is 4.79 Å². The van der Waals surface area contributed by atoms with Crippen LogP contribution in [0.1, 0.15) is 50.5 Å². The van der Waals surface area contributed by atoms with Crippen molar-refractivity contribution in [3.05, 3.63) is 35.9 Å². The molecular weight excluding hydrogens is 234 g/mol. The number of carbonyl (C=O) groups excluding carboxylic acids is 1. The van der Waals surface area contributed by atoms with E-state index < -0.39 is 0 Å². The molecule has 0 N–H and O–H groups in total. The van der Waals surface area contributed by atoms with Crippen molar-refractivity contribution in [3.8, 4) is 0 Å². The lowest BCUT2D eigenvalue weighted by Crippen LogP contribution is -2.45. The highest BCUT2D eigenvalue weighted by Crippen LogP contribution is 2.41. The molecule has 1 aliphatic heterocycles. The molecule has 1 saturated carbocycles. The van der Waals surface area contributed by atoms with Gasteiger partial charge in [-0.3, -0.25) is 9.69 Å². The molecule has 1 saturated heterocycles. The molecular formula is C17H23NO. The fraction of sp³-hybridized carbons (Fsp3) is 0.588. The van der Waals surface area contributed by atoms with E-state index in [1.807, 2.05) is 0 Å². The zero-order valence-corrected chi connectivity index (χ0v) is 11.6. The first-order valence-electron chi connectivity index (χ1n) is 7.59. The van der Waals surface area contributed by atoms with Crippen LogP contribution in [-0.2, 0) is 11.3 Å². The number of benzene rings is 1. The molecule has 3 rings (SSSR count). The van der Waals surface area contributed by atoms with E-state index in [1.165, 1.54) is 31.2 Å². The highest BCUT2D eigenvalue weighted by Gasteiger charge is 2.40. The number of hydrogen-bond donors (Lipinski definition) is 0. The number of nitrogens with zero attached hydrogens (tertiary/aromatic N) is 1. The van der Waals surface area contributed by atoms with Crippen molar-refractivity contribution in [1.29, 1.82) is 0 Å². The molecule has 0 atom stereocenters. The third kappa shape index (κ3) is 2.74. The first-order chi connectivity index (χ1) is 9.28. The van der Waals surface area contributed by atoms with Crippen LogP contribution in [0.4, 0.5) is 0 Å². The Morgan fingerprint density at radius 3 is 2.47 bits per heavy atom. The Balaban J connectivity index is 1.81. The summed E-state index contributed by atoms with van der Waals surface area (Å²) in [6.45, 7) is 1.96. The molecule has 1 spiro atoms. The zero-order valence-electron chi connectivity index (χ0n) is 11.6. The van der Waals surface area contributed by atoms with Crippen LogP contribution in [0.2, 0.25) is 0 Å². The van der Waals surface area contributed by atoms with E-state index in [0.717, 1.165) is 32.4 Å². The molecule has 2 aliphatic rings. The molecule has 0 unspecified atom stereocenters. The summed E-state index contributed by atoms with van der Waals surface area (Å²) < 4.78 is 0. The Morgan fingerprint density at radius 2 is 1.74 bits per heavy atom. The fourth-order valence-electron chi connectivity index (χ4n) is 3.80. The van der Waals surface area contributed by atoms with Crippen molar-refractivity contribution in [2.45, 2.75) is 57.0 Å². The third-order valence-corrected chi connectivity index (χ3v) is 4.95. The molecule has 1 aliphatic carbocycles. The molecule has 2 fully saturated rings. The van der Waals surface area contributed by atoms with Gasteiger partial charge in [0.25, 0.3) is 0 Å². The maximum Gasteiger partial charge on any atom is 0.134 e. The van der Waals surface area contributed by atoms with Gasteiger partial charge in [0.15, 0.2) is 0 Å². The summed E-state index contributed by atoms with van der Waals surface area (Å²) in [5.41, 5.74) is 1.70. The van der Waals surface area contributed by atoms with Crippen molar-refractivity contribution in [2.75, 3.05) is 6.54 Å². The second-order valence-corrected chi connectivity index (χ2v) is 6.13. The lowest BCUT2D eigenvalue weighted by molar-refractivity contribution is -0.118. The van der Waals surface area contributed by atoms with Gasteiger partial charge in [0, 0.05) is 31.5 Å². The minimum atomic E-state index is 0.321. The molecule has 0 amide bonds. The lowest BCUT2D eigenvalue weighted by atomic mass is 9.89. The summed E-state index contributed by atoms with van der Waals surface area (Å²) in [6.07, 6.45) is 7.86. The third-order valence-electron chi connectivity index (χ3n) is 4.95. The highest BCUT2D eigenvalue weighted by molar-refractivity contribution is 5.79. The second-order valence-electron chi connectivity index (χ2n) is 6.13. The number of carbonyl (C=O) groups is 1. The molecule has 0 aromatic heterocycles. The van der Waals surface area contributed by atoms with Crippen LogP contribution >= 0.6 is 0 Å². The minimum Gasteiger partial charge on any atom is -0.300 e. The van der Waals surface area contributed by atoms with E-state index in [2.05, 4.69) is 35.2 Å². The predicted molar refractivity (Wildman–Crippen MR) is 76.9 cm³/mol. The Bertz CT molecular complexity index is 434. The van der Waals surface area contributed by atoms with Gasteiger partial charge in [-0.05, 0) is 24.8 Å². The van der Waals surface area contributed by atoms with Gasteiger partial charge < -0.3 is 0 Å². The van der Waals surface area contributed by atoms with Crippen LogP contribution in [0.15, 0.2) is 30.3 Å². The first kappa shape index (κ1) is 12.9. The molecule has 19 heavy (non-hydrogen) atoms. The monoisotopic (exact) mass is 257 g/mol. The summed E-state index contributed by atoms with van der Waals surface area (Å²) in [6, 6.07) is 10.7. The van der Waals surface area contributed by atoms with E-state index in [-0.39, 0.29) is 0 Å². The quantitative estimate of drug-likeness (QED) is 0.807. The Morgan fingerprint density at radius 1 is 1.00 bits per heavy atom. The van der Waals surface area contributed by atoms with Crippen LogP contribution in [0.25, 0.3) is 0 Å². The van der Waals surface area contributed by atoms with Gasteiger partial charge in [0.2, 0.25) is 0 Å². The van der Waals surface area contributed by atoms with Gasteiger partial charge in [-0.15, -0.1) is 0 Å². The molecule has 2 heteroatoms. The summed E-state index contributed by atoms with van der Waals surface area (Å²) in [5.74, 6) is 0.460. The van der Waals surface area contributed by atoms with E-state index >= 15 is 0 Å². The summed E-state index contributed by atoms with van der Waals surface area (Å²) in [4.78, 5) is 14.4.